The Morgan fingerprint density at radius 3 is 2.94 bits per heavy atom. The smallest absolute Gasteiger partial charge is 0.122 e. The minimum absolute atomic E-state index is 0.259. The minimum atomic E-state index is 0.259. The molecule has 2 heterocycles. The molecule has 3 rings (SSSR count). The van der Waals surface area contributed by atoms with E-state index in [9.17, 15) is 0 Å². The molecular weight excluding hydrogens is 332 g/mol. The van der Waals surface area contributed by atoms with E-state index in [2.05, 4.69) is 28.1 Å². The monoisotopic (exact) mass is 342 g/mol. The van der Waals surface area contributed by atoms with Crippen molar-refractivity contribution in [1.82, 2.24) is 0 Å². The summed E-state index contributed by atoms with van der Waals surface area (Å²) >= 11 is 11.8. The number of thiophene rings is 1. The van der Waals surface area contributed by atoms with Crippen molar-refractivity contribution in [1.29, 1.82) is 0 Å². The van der Waals surface area contributed by atoms with E-state index in [0.717, 1.165) is 23.8 Å². The Labute approximate surface area is 124 Å². The van der Waals surface area contributed by atoms with Crippen LogP contribution in [0.1, 0.15) is 27.6 Å². The van der Waals surface area contributed by atoms with Gasteiger partial charge in [0.2, 0.25) is 0 Å². The van der Waals surface area contributed by atoms with Crippen molar-refractivity contribution >= 4 is 38.9 Å². The average Bonchev–Trinajstić information content (AvgIpc) is 2.83. The second-order valence-corrected chi connectivity index (χ2v) is 6.66. The molecule has 0 bridgehead atoms. The summed E-state index contributed by atoms with van der Waals surface area (Å²) in [6.07, 6.45) is 1.02. The lowest BCUT2D eigenvalue weighted by atomic mass is 9.89. The normalized spacial score (nSPS) is 20.0. The number of halogens is 2. The molecule has 0 spiro atoms. The van der Waals surface area contributed by atoms with Crippen molar-refractivity contribution < 1.29 is 4.74 Å². The lowest BCUT2D eigenvalue weighted by Crippen LogP contribution is -2.17. The van der Waals surface area contributed by atoms with Crippen LogP contribution in [0, 0.1) is 0 Å². The van der Waals surface area contributed by atoms with Crippen LogP contribution >= 0.6 is 38.9 Å². The largest absolute Gasteiger partial charge is 0.493 e. The van der Waals surface area contributed by atoms with Crippen molar-refractivity contribution in [3.63, 3.8) is 0 Å². The number of hydrogen-bond acceptors (Lipinski definition) is 2. The van der Waals surface area contributed by atoms with Gasteiger partial charge in [-0.2, -0.15) is 0 Å². The molecular formula is C14H12BrClOS. The van der Waals surface area contributed by atoms with Gasteiger partial charge in [0.25, 0.3) is 0 Å². The fraction of sp³-hybridized carbons (Fsp3) is 0.286. The van der Waals surface area contributed by atoms with E-state index in [4.69, 9.17) is 16.3 Å². The van der Waals surface area contributed by atoms with Crippen molar-refractivity contribution in [3.8, 4) is 5.75 Å². The zero-order chi connectivity index (χ0) is 12.5. The topological polar surface area (TPSA) is 9.23 Å². The van der Waals surface area contributed by atoms with Crippen LogP contribution in [0.3, 0.4) is 0 Å². The third kappa shape index (κ3) is 2.20. The molecule has 18 heavy (non-hydrogen) atoms. The Morgan fingerprint density at radius 1 is 1.33 bits per heavy atom. The third-order valence-electron chi connectivity index (χ3n) is 3.25. The summed E-state index contributed by atoms with van der Waals surface area (Å²) < 4.78 is 5.70. The van der Waals surface area contributed by atoms with Crippen molar-refractivity contribution in [2.75, 3.05) is 6.61 Å². The zero-order valence-corrected chi connectivity index (χ0v) is 12.8. The highest BCUT2D eigenvalue weighted by atomic mass is 79.9. The molecule has 0 saturated carbocycles. The number of alkyl halides is 1. The molecule has 2 aromatic rings. The molecule has 1 aliphatic rings. The molecule has 2 unspecified atom stereocenters. The molecule has 1 aromatic heterocycles. The van der Waals surface area contributed by atoms with Crippen molar-refractivity contribution in [2.45, 2.75) is 17.2 Å². The Kier molecular flexibility index (Phi) is 3.64. The van der Waals surface area contributed by atoms with Gasteiger partial charge in [-0.05, 0) is 29.5 Å². The number of fused-ring (bicyclic) bond motifs is 1. The highest BCUT2D eigenvalue weighted by Crippen LogP contribution is 2.48. The summed E-state index contributed by atoms with van der Waals surface area (Å²) in [5.74, 6) is 1.43. The third-order valence-corrected chi connectivity index (χ3v) is 6.09. The van der Waals surface area contributed by atoms with E-state index in [-0.39, 0.29) is 4.83 Å². The first-order chi connectivity index (χ1) is 8.77. The van der Waals surface area contributed by atoms with E-state index >= 15 is 0 Å². The lowest BCUT2D eigenvalue weighted by Gasteiger charge is -2.29. The molecule has 94 valence electrons. The highest BCUT2D eigenvalue weighted by Gasteiger charge is 2.29. The summed E-state index contributed by atoms with van der Waals surface area (Å²) in [5.41, 5.74) is 1.27. The number of rotatable bonds is 2. The van der Waals surface area contributed by atoms with Gasteiger partial charge in [0.05, 0.1) is 16.5 Å². The maximum atomic E-state index is 6.23. The maximum Gasteiger partial charge on any atom is 0.122 e. The van der Waals surface area contributed by atoms with Gasteiger partial charge in [-0.1, -0.05) is 45.7 Å². The van der Waals surface area contributed by atoms with E-state index in [1.807, 2.05) is 23.6 Å². The summed E-state index contributed by atoms with van der Waals surface area (Å²) in [6.45, 7) is 0.771. The Hall–Kier alpha value is -0.510. The molecule has 0 N–H and O–H groups in total. The van der Waals surface area contributed by atoms with E-state index in [1.165, 1.54) is 10.4 Å². The first kappa shape index (κ1) is 12.5. The molecule has 2 atom stereocenters. The van der Waals surface area contributed by atoms with Crippen LogP contribution in [0.4, 0.5) is 0 Å². The molecule has 0 aliphatic carbocycles. The minimum Gasteiger partial charge on any atom is -0.493 e. The quantitative estimate of drug-likeness (QED) is 0.663. The molecule has 0 radical (unpaired) electrons. The fourth-order valence-corrected chi connectivity index (χ4v) is 4.82. The second-order valence-electron chi connectivity index (χ2n) is 4.32. The predicted octanol–water partition coefficient (Wildman–Crippen LogP) is 5.40. The van der Waals surface area contributed by atoms with E-state index in [1.54, 1.807) is 11.3 Å². The maximum absolute atomic E-state index is 6.23. The number of hydrogen-bond donors (Lipinski definition) is 0. The summed E-state index contributed by atoms with van der Waals surface area (Å²) in [4.78, 5) is 1.47. The van der Waals surface area contributed by atoms with Gasteiger partial charge in [0, 0.05) is 10.8 Å². The van der Waals surface area contributed by atoms with Gasteiger partial charge in [-0.3, -0.25) is 0 Å². The van der Waals surface area contributed by atoms with Gasteiger partial charge in [0.1, 0.15) is 5.75 Å². The van der Waals surface area contributed by atoms with Gasteiger partial charge in [-0.25, -0.2) is 0 Å². The number of ether oxygens (including phenoxy) is 1. The number of para-hydroxylation sites is 1. The highest BCUT2D eigenvalue weighted by molar-refractivity contribution is 9.09. The number of benzene rings is 1. The Balaban J connectivity index is 1.97. The first-order valence-corrected chi connectivity index (χ1v) is 8.03. The Bertz CT molecular complexity index is 554. The molecule has 0 saturated heterocycles. The lowest BCUT2D eigenvalue weighted by molar-refractivity contribution is 0.266. The van der Waals surface area contributed by atoms with Crippen LogP contribution in [-0.2, 0) is 0 Å². The molecule has 0 fully saturated rings. The molecule has 1 aliphatic heterocycles. The van der Waals surface area contributed by atoms with Crippen LogP contribution in [0.5, 0.6) is 5.75 Å². The zero-order valence-electron chi connectivity index (χ0n) is 9.61. The van der Waals surface area contributed by atoms with E-state index in [0.29, 0.717) is 5.92 Å². The van der Waals surface area contributed by atoms with Gasteiger partial charge >= 0.3 is 0 Å². The fourth-order valence-electron chi connectivity index (χ4n) is 2.36. The van der Waals surface area contributed by atoms with Gasteiger partial charge in [0.15, 0.2) is 0 Å². The molecule has 0 amide bonds. The first-order valence-electron chi connectivity index (χ1n) is 5.86. The van der Waals surface area contributed by atoms with Crippen LogP contribution < -0.4 is 4.74 Å². The van der Waals surface area contributed by atoms with Crippen molar-refractivity contribution in [2.24, 2.45) is 0 Å². The van der Waals surface area contributed by atoms with Crippen LogP contribution in [-0.4, -0.2) is 6.61 Å². The Morgan fingerprint density at radius 2 is 2.17 bits per heavy atom. The summed E-state index contributed by atoms with van der Waals surface area (Å²) in [7, 11) is 0. The predicted molar refractivity (Wildman–Crippen MR) is 80.3 cm³/mol. The summed E-state index contributed by atoms with van der Waals surface area (Å²) in [5, 5.41) is 2.89. The van der Waals surface area contributed by atoms with Crippen LogP contribution in [0.15, 0.2) is 35.7 Å². The van der Waals surface area contributed by atoms with Crippen LogP contribution in [0.25, 0.3) is 0 Å². The van der Waals surface area contributed by atoms with Crippen molar-refractivity contribution in [3.05, 3.63) is 51.2 Å². The van der Waals surface area contributed by atoms with Gasteiger partial charge in [-0.15, -0.1) is 11.3 Å². The molecule has 4 heteroatoms. The van der Waals surface area contributed by atoms with Gasteiger partial charge < -0.3 is 4.74 Å². The second kappa shape index (κ2) is 5.24. The average molecular weight is 344 g/mol. The standard InChI is InChI=1S/C14H12BrClOS/c15-13(14-11(16)6-8-18-14)10-5-7-17-12-4-2-1-3-9(10)12/h1-4,6,8,10,13H,5,7H2. The van der Waals surface area contributed by atoms with Crippen LogP contribution in [0.2, 0.25) is 5.02 Å². The molecule has 1 nitrogen and oxygen atoms in total. The molecule has 1 aromatic carbocycles. The van der Waals surface area contributed by atoms with E-state index < -0.39 is 0 Å². The summed E-state index contributed by atoms with van der Waals surface area (Å²) in [6, 6.07) is 10.2. The SMILES string of the molecule is Clc1ccsc1C(Br)C1CCOc2ccccc21.